The number of rotatable bonds is 6. The van der Waals surface area contributed by atoms with E-state index in [1.807, 2.05) is 0 Å². The van der Waals surface area contributed by atoms with Crippen LogP contribution in [0.4, 0.5) is 0 Å². The van der Waals surface area contributed by atoms with E-state index in [9.17, 15) is 8.42 Å². The first-order valence-electron chi connectivity index (χ1n) is 6.66. The molecular formula is C14H20N2O2S2. The molecule has 110 valence electrons. The van der Waals surface area contributed by atoms with E-state index in [0.29, 0.717) is 18.0 Å². The van der Waals surface area contributed by atoms with Crippen LogP contribution in [0.25, 0.3) is 0 Å². The van der Waals surface area contributed by atoms with E-state index in [1.165, 1.54) is 12.1 Å². The summed E-state index contributed by atoms with van der Waals surface area (Å²) in [6.07, 6.45) is 2.18. The summed E-state index contributed by atoms with van der Waals surface area (Å²) in [4.78, 5) is 0.510. The van der Waals surface area contributed by atoms with Gasteiger partial charge in [-0.15, -0.1) is 0 Å². The highest BCUT2D eigenvalue weighted by atomic mass is 32.2. The molecule has 0 bridgehead atoms. The second-order valence-corrected chi connectivity index (χ2v) is 7.94. The minimum atomic E-state index is -3.46. The van der Waals surface area contributed by atoms with Crippen LogP contribution < -0.4 is 10.5 Å². The van der Waals surface area contributed by atoms with Gasteiger partial charge in [0.15, 0.2) is 0 Å². The minimum absolute atomic E-state index is 0.145. The van der Waals surface area contributed by atoms with E-state index in [0.717, 1.165) is 12.8 Å². The highest BCUT2D eigenvalue weighted by Gasteiger charge is 2.45. The maximum absolute atomic E-state index is 12.2. The number of sulfonamides is 1. The first kappa shape index (κ1) is 15.4. The van der Waals surface area contributed by atoms with Crippen molar-refractivity contribution < 1.29 is 8.42 Å². The summed E-state index contributed by atoms with van der Waals surface area (Å²) in [5.41, 5.74) is 6.31. The van der Waals surface area contributed by atoms with Gasteiger partial charge in [-0.25, -0.2) is 13.1 Å². The summed E-state index contributed by atoms with van der Waals surface area (Å²) in [6.45, 7) is 4.78. The molecule has 0 radical (unpaired) electrons. The molecule has 0 saturated heterocycles. The smallest absolute Gasteiger partial charge is 0.240 e. The molecule has 6 heteroatoms. The van der Waals surface area contributed by atoms with Gasteiger partial charge >= 0.3 is 0 Å². The molecule has 4 nitrogen and oxygen atoms in total. The highest BCUT2D eigenvalue weighted by molar-refractivity contribution is 7.89. The third-order valence-electron chi connectivity index (χ3n) is 4.18. The maximum atomic E-state index is 12.2. The zero-order valence-electron chi connectivity index (χ0n) is 11.7. The summed E-state index contributed by atoms with van der Waals surface area (Å²) in [5, 5.41) is 0. The Morgan fingerprint density at radius 1 is 1.35 bits per heavy atom. The van der Waals surface area contributed by atoms with E-state index in [2.05, 4.69) is 18.6 Å². The summed E-state index contributed by atoms with van der Waals surface area (Å²) < 4.78 is 27.2. The Bertz CT molecular complexity index is 603. The van der Waals surface area contributed by atoms with Gasteiger partial charge in [0, 0.05) is 12.1 Å². The zero-order valence-corrected chi connectivity index (χ0v) is 13.4. The van der Waals surface area contributed by atoms with Crippen LogP contribution in [-0.2, 0) is 10.0 Å². The summed E-state index contributed by atoms with van der Waals surface area (Å²) in [6, 6.07) is 6.33. The van der Waals surface area contributed by atoms with Gasteiger partial charge < -0.3 is 5.73 Å². The van der Waals surface area contributed by atoms with Gasteiger partial charge in [-0.3, -0.25) is 0 Å². The first-order valence-corrected chi connectivity index (χ1v) is 8.55. The van der Waals surface area contributed by atoms with Crippen molar-refractivity contribution in [2.45, 2.75) is 31.6 Å². The number of hydrogen-bond donors (Lipinski definition) is 2. The lowest BCUT2D eigenvalue weighted by Crippen LogP contribution is -2.32. The SMILES string of the molecule is CC(C)C1(CNS(=O)(=O)c2ccc(C(N)=S)cc2)CC1. The number of thiocarbonyl (C=S) groups is 1. The number of nitrogens with one attached hydrogen (secondary N) is 1. The Morgan fingerprint density at radius 3 is 2.30 bits per heavy atom. The molecule has 1 saturated carbocycles. The standard InChI is InChI=1S/C14H20N2O2S2/c1-10(2)14(7-8-14)9-16-20(17,18)12-5-3-11(4-6-12)13(15)19/h3-6,10,16H,7-9H2,1-2H3,(H2,15,19). The van der Waals surface area contributed by atoms with Gasteiger partial charge in [-0.05, 0) is 36.3 Å². The third kappa shape index (κ3) is 3.19. The Hall–Kier alpha value is -0.980. The molecule has 1 aliphatic rings. The predicted octanol–water partition coefficient (Wildman–Crippen LogP) is 2.04. The van der Waals surface area contributed by atoms with Crippen LogP contribution in [0.1, 0.15) is 32.3 Å². The molecule has 1 aromatic rings. The van der Waals surface area contributed by atoms with Gasteiger partial charge in [0.25, 0.3) is 0 Å². The molecule has 1 aliphatic carbocycles. The summed E-state index contributed by atoms with van der Waals surface area (Å²) >= 11 is 4.85. The fraction of sp³-hybridized carbons (Fsp3) is 0.500. The Labute approximate surface area is 125 Å². The molecule has 0 heterocycles. The second kappa shape index (κ2) is 5.42. The molecule has 3 N–H and O–H groups in total. The van der Waals surface area contributed by atoms with Gasteiger partial charge in [0.2, 0.25) is 10.0 Å². The van der Waals surface area contributed by atoms with Crippen molar-refractivity contribution in [2.24, 2.45) is 17.1 Å². The lowest BCUT2D eigenvalue weighted by atomic mass is 9.93. The molecular weight excluding hydrogens is 292 g/mol. The van der Waals surface area contributed by atoms with Crippen LogP contribution in [0.15, 0.2) is 29.2 Å². The molecule has 0 aromatic heterocycles. The van der Waals surface area contributed by atoms with Crippen molar-refractivity contribution in [1.82, 2.24) is 4.72 Å². The molecule has 0 amide bonds. The number of benzene rings is 1. The van der Waals surface area contributed by atoms with Crippen molar-refractivity contribution in [3.63, 3.8) is 0 Å². The van der Waals surface area contributed by atoms with Crippen molar-refractivity contribution in [3.05, 3.63) is 29.8 Å². The fourth-order valence-corrected chi connectivity index (χ4v) is 3.51. The van der Waals surface area contributed by atoms with Crippen LogP contribution in [0.3, 0.4) is 0 Å². The van der Waals surface area contributed by atoms with Gasteiger partial charge in [0.1, 0.15) is 4.99 Å². The summed E-state index contributed by atoms with van der Waals surface area (Å²) in [5.74, 6) is 0.488. The van der Waals surface area contributed by atoms with Gasteiger partial charge in [-0.1, -0.05) is 38.2 Å². The highest BCUT2D eigenvalue weighted by Crippen LogP contribution is 2.51. The molecule has 0 aliphatic heterocycles. The van der Waals surface area contributed by atoms with Crippen LogP contribution >= 0.6 is 12.2 Å². The normalized spacial score (nSPS) is 17.1. The molecule has 0 unspecified atom stereocenters. The Balaban J connectivity index is 2.09. The van der Waals surface area contributed by atoms with Gasteiger partial charge in [0.05, 0.1) is 4.90 Å². The lowest BCUT2D eigenvalue weighted by Gasteiger charge is -2.20. The monoisotopic (exact) mass is 312 g/mol. The van der Waals surface area contributed by atoms with Crippen LogP contribution in [0.5, 0.6) is 0 Å². The van der Waals surface area contributed by atoms with Gasteiger partial charge in [-0.2, -0.15) is 0 Å². The topological polar surface area (TPSA) is 72.2 Å². The molecule has 20 heavy (non-hydrogen) atoms. The summed E-state index contributed by atoms with van der Waals surface area (Å²) in [7, 11) is -3.46. The van der Waals surface area contributed by atoms with E-state index >= 15 is 0 Å². The van der Waals surface area contributed by atoms with Crippen LogP contribution in [0, 0.1) is 11.3 Å². The van der Waals surface area contributed by atoms with E-state index in [1.54, 1.807) is 12.1 Å². The van der Waals surface area contributed by atoms with Crippen LogP contribution in [-0.4, -0.2) is 20.0 Å². The average Bonchev–Trinajstić information content (AvgIpc) is 3.18. The quantitative estimate of drug-likeness (QED) is 0.789. The van der Waals surface area contributed by atoms with Crippen molar-refractivity contribution in [1.29, 1.82) is 0 Å². The number of hydrogen-bond acceptors (Lipinski definition) is 3. The molecule has 2 rings (SSSR count). The minimum Gasteiger partial charge on any atom is -0.389 e. The zero-order chi connectivity index (χ0) is 15.0. The van der Waals surface area contributed by atoms with E-state index < -0.39 is 10.0 Å². The number of nitrogens with two attached hydrogens (primary N) is 1. The van der Waals surface area contributed by atoms with Crippen molar-refractivity contribution >= 4 is 27.2 Å². The van der Waals surface area contributed by atoms with E-state index in [4.69, 9.17) is 18.0 Å². The maximum Gasteiger partial charge on any atom is 0.240 e. The average molecular weight is 312 g/mol. The predicted molar refractivity (Wildman–Crippen MR) is 84.0 cm³/mol. The second-order valence-electron chi connectivity index (χ2n) is 5.73. The lowest BCUT2D eigenvalue weighted by molar-refractivity contribution is 0.357. The Morgan fingerprint density at radius 2 is 1.90 bits per heavy atom. The molecule has 1 aromatic carbocycles. The fourth-order valence-electron chi connectivity index (χ4n) is 2.24. The first-order chi connectivity index (χ1) is 9.27. The van der Waals surface area contributed by atoms with Crippen molar-refractivity contribution in [3.8, 4) is 0 Å². The van der Waals surface area contributed by atoms with Crippen molar-refractivity contribution in [2.75, 3.05) is 6.54 Å². The van der Waals surface area contributed by atoms with E-state index in [-0.39, 0.29) is 15.3 Å². The molecule has 1 fully saturated rings. The third-order valence-corrected chi connectivity index (χ3v) is 5.83. The molecule has 0 spiro atoms. The molecule has 0 atom stereocenters. The Kier molecular flexibility index (Phi) is 4.18. The van der Waals surface area contributed by atoms with Crippen LogP contribution in [0.2, 0.25) is 0 Å². The largest absolute Gasteiger partial charge is 0.389 e.